The van der Waals surface area contributed by atoms with Gasteiger partial charge in [-0.05, 0) is 42.9 Å². The number of methoxy groups -OCH3 is 1. The Bertz CT molecular complexity index is 480. The minimum atomic E-state index is -0.692. The number of aromatic hydroxyl groups is 1. The van der Waals surface area contributed by atoms with Gasteiger partial charge in [0.05, 0.1) is 13.7 Å². The van der Waals surface area contributed by atoms with Crippen molar-refractivity contribution >= 4 is 5.97 Å². The van der Waals surface area contributed by atoms with Crippen LogP contribution in [0, 0.1) is 5.92 Å². The van der Waals surface area contributed by atoms with E-state index in [-0.39, 0.29) is 12.4 Å². The van der Waals surface area contributed by atoms with Crippen molar-refractivity contribution in [2.24, 2.45) is 5.92 Å². The number of phenolic OH excluding ortho intramolecular Hbond substituents is 1. The third-order valence-electron chi connectivity index (χ3n) is 2.96. The summed E-state index contributed by atoms with van der Waals surface area (Å²) in [7, 11) is 1.47. The van der Waals surface area contributed by atoms with Crippen molar-refractivity contribution in [2.45, 2.75) is 46.1 Å². The van der Waals surface area contributed by atoms with Crippen LogP contribution in [0.25, 0.3) is 0 Å². The van der Waals surface area contributed by atoms with Gasteiger partial charge in [0.2, 0.25) is 0 Å². The topological polar surface area (TPSA) is 87.0 Å². The second-order valence-electron chi connectivity index (χ2n) is 5.48. The standard InChI is InChI=1S/C10H18O2.C8H10O3/c1-9(2)7-5-3-4-6-8-10(11)12;1-11-8-4-6(5-9)2-3-7(8)10/h5,7,9H,3-4,6,8H2,1-2H3,(H,11,12);2-4,9-10H,5H2,1H3/b7-5+;. The molecule has 0 unspecified atom stereocenters. The van der Waals surface area contributed by atoms with Gasteiger partial charge < -0.3 is 20.1 Å². The Labute approximate surface area is 138 Å². The molecule has 0 heterocycles. The third-order valence-corrected chi connectivity index (χ3v) is 2.96. The zero-order valence-corrected chi connectivity index (χ0v) is 14.2. The number of carboxylic acid groups (broad SMARTS) is 1. The second kappa shape index (κ2) is 12.5. The zero-order valence-electron chi connectivity index (χ0n) is 14.2. The van der Waals surface area contributed by atoms with Crippen LogP contribution in [-0.4, -0.2) is 28.4 Å². The highest BCUT2D eigenvalue weighted by Gasteiger charge is 2.00. The number of hydrogen-bond donors (Lipinski definition) is 3. The minimum Gasteiger partial charge on any atom is -0.504 e. The van der Waals surface area contributed by atoms with Gasteiger partial charge in [0.25, 0.3) is 0 Å². The maximum atomic E-state index is 10.1. The smallest absolute Gasteiger partial charge is 0.303 e. The van der Waals surface area contributed by atoms with E-state index in [2.05, 4.69) is 26.0 Å². The number of aliphatic carboxylic acids is 1. The van der Waals surface area contributed by atoms with Gasteiger partial charge in [-0.25, -0.2) is 0 Å². The van der Waals surface area contributed by atoms with Gasteiger partial charge in [-0.1, -0.05) is 32.1 Å². The number of phenols is 1. The van der Waals surface area contributed by atoms with E-state index in [9.17, 15) is 4.79 Å². The summed E-state index contributed by atoms with van der Waals surface area (Å²) in [4.78, 5) is 10.1. The fourth-order valence-corrected chi connectivity index (χ4v) is 1.73. The number of aliphatic hydroxyl groups is 1. The van der Waals surface area contributed by atoms with E-state index in [1.54, 1.807) is 12.1 Å². The van der Waals surface area contributed by atoms with Crippen LogP contribution in [0.4, 0.5) is 0 Å². The number of aliphatic hydroxyl groups excluding tert-OH is 1. The summed E-state index contributed by atoms with van der Waals surface area (Å²) in [6.45, 7) is 4.22. The van der Waals surface area contributed by atoms with Gasteiger partial charge in [0.15, 0.2) is 11.5 Å². The molecule has 0 aliphatic carbocycles. The van der Waals surface area contributed by atoms with Gasteiger partial charge in [-0.3, -0.25) is 4.79 Å². The molecular formula is C18H28O5. The van der Waals surface area contributed by atoms with E-state index in [0.717, 1.165) is 24.8 Å². The van der Waals surface area contributed by atoms with E-state index >= 15 is 0 Å². The SMILES string of the molecule is CC(C)/C=C/CCCCC(=O)O.COc1cc(CO)ccc1O. The maximum Gasteiger partial charge on any atom is 0.303 e. The molecule has 1 aromatic rings. The molecule has 0 radical (unpaired) electrons. The zero-order chi connectivity index (χ0) is 17.7. The van der Waals surface area contributed by atoms with Gasteiger partial charge in [-0.15, -0.1) is 0 Å². The number of allylic oxidation sites excluding steroid dienone is 2. The molecule has 0 saturated carbocycles. The molecule has 0 aliphatic rings. The lowest BCUT2D eigenvalue weighted by molar-refractivity contribution is -0.137. The van der Waals surface area contributed by atoms with Crippen molar-refractivity contribution in [2.75, 3.05) is 7.11 Å². The number of carboxylic acids is 1. The summed E-state index contributed by atoms with van der Waals surface area (Å²) in [5.74, 6) is 0.383. The third kappa shape index (κ3) is 11.2. The predicted molar refractivity (Wildman–Crippen MR) is 90.7 cm³/mol. The molecule has 130 valence electrons. The lowest BCUT2D eigenvalue weighted by Crippen LogP contribution is -1.92. The van der Waals surface area contributed by atoms with Crippen LogP contribution in [0.1, 0.15) is 45.1 Å². The van der Waals surface area contributed by atoms with Crippen LogP contribution in [0.5, 0.6) is 11.5 Å². The summed E-state index contributed by atoms with van der Waals surface area (Å²) in [5.41, 5.74) is 0.722. The first-order valence-electron chi connectivity index (χ1n) is 7.75. The largest absolute Gasteiger partial charge is 0.504 e. The Hall–Kier alpha value is -2.01. The molecule has 5 nitrogen and oxygen atoms in total. The van der Waals surface area contributed by atoms with Crippen molar-refractivity contribution in [3.05, 3.63) is 35.9 Å². The normalized spacial score (nSPS) is 10.5. The van der Waals surface area contributed by atoms with Crippen LogP contribution in [0.3, 0.4) is 0 Å². The lowest BCUT2D eigenvalue weighted by Gasteiger charge is -2.03. The molecule has 0 fully saturated rings. The number of ether oxygens (including phenoxy) is 1. The Balaban J connectivity index is 0.000000422. The summed E-state index contributed by atoms with van der Waals surface area (Å²) in [6.07, 6.45) is 7.36. The monoisotopic (exact) mass is 324 g/mol. The number of unbranched alkanes of at least 4 members (excludes halogenated alkanes) is 2. The molecule has 0 amide bonds. The van der Waals surface area contributed by atoms with Gasteiger partial charge in [0.1, 0.15) is 0 Å². The highest BCUT2D eigenvalue weighted by Crippen LogP contribution is 2.25. The maximum absolute atomic E-state index is 10.1. The molecule has 0 bridgehead atoms. The lowest BCUT2D eigenvalue weighted by atomic mass is 10.1. The molecular weight excluding hydrogens is 296 g/mol. The highest BCUT2D eigenvalue weighted by molar-refractivity contribution is 5.66. The summed E-state index contributed by atoms with van der Waals surface area (Å²) in [5, 5.41) is 26.2. The minimum absolute atomic E-state index is 0.0450. The van der Waals surface area contributed by atoms with Crippen molar-refractivity contribution in [3.63, 3.8) is 0 Å². The predicted octanol–water partition coefficient (Wildman–Crippen LogP) is 3.74. The summed E-state index contributed by atoms with van der Waals surface area (Å²) < 4.78 is 4.83. The first-order valence-corrected chi connectivity index (χ1v) is 7.75. The van der Waals surface area contributed by atoms with Gasteiger partial charge in [-0.2, -0.15) is 0 Å². The molecule has 1 rings (SSSR count). The fraction of sp³-hybridized carbons (Fsp3) is 0.500. The summed E-state index contributed by atoms with van der Waals surface area (Å²) >= 11 is 0. The number of carbonyl (C=O) groups is 1. The molecule has 23 heavy (non-hydrogen) atoms. The van der Waals surface area contributed by atoms with E-state index in [1.807, 2.05) is 0 Å². The Morgan fingerprint density at radius 1 is 1.30 bits per heavy atom. The van der Waals surface area contributed by atoms with Crippen molar-refractivity contribution in [3.8, 4) is 11.5 Å². The molecule has 0 aliphatic heterocycles. The first kappa shape index (κ1) is 21.0. The van der Waals surface area contributed by atoms with E-state index < -0.39 is 5.97 Å². The number of hydrogen-bond acceptors (Lipinski definition) is 4. The van der Waals surface area contributed by atoms with Crippen LogP contribution < -0.4 is 4.74 Å². The van der Waals surface area contributed by atoms with Crippen LogP contribution >= 0.6 is 0 Å². The average molecular weight is 324 g/mol. The van der Waals surface area contributed by atoms with Gasteiger partial charge in [0, 0.05) is 6.42 Å². The van der Waals surface area contributed by atoms with E-state index in [0.29, 0.717) is 18.1 Å². The van der Waals surface area contributed by atoms with E-state index in [1.165, 1.54) is 13.2 Å². The average Bonchev–Trinajstić information content (AvgIpc) is 2.51. The molecule has 3 N–H and O–H groups in total. The van der Waals surface area contributed by atoms with Crippen molar-refractivity contribution in [1.29, 1.82) is 0 Å². The Morgan fingerprint density at radius 2 is 2.00 bits per heavy atom. The number of benzene rings is 1. The van der Waals surface area contributed by atoms with Crippen LogP contribution in [0.15, 0.2) is 30.4 Å². The van der Waals surface area contributed by atoms with E-state index in [4.69, 9.17) is 20.1 Å². The first-order chi connectivity index (χ1) is 10.9. The molecule has 0 spiro atoms. The molecule has 0 aromatic heterocycles. The van der Waals surface area contributed by atoms with Gasteiger partial charge >= 0.3 is 5.97 Å². The Morgan fingerprint density at radius 3 is 2.52 bits per heavy atom. The molecule has 0 saturated heterocycles. The molecule has 1 aromatic carbocycles. The number of rotatable bonds is 8. The quantitative estimate of drug-likeness (QED) is 0.501. The highest BCUT2D eigenvalue weighted by atomic mass is 16.5. The van der Waals surface area contributed by atoms with Crippen molar-refractivity contribution < 1.29 is 24.9 Å². The molecule has 0 atom stereocenters. The van der Waals surface area contributed by atoms with Crippen LogP contribution in [0.2, 0.25) is 0 Å². The summed E-state index contributed by atoms with van der Waals surface area (Å²) in [6, 6.07) is 4.72. The van der Waals surface area contributed by atoms with Crippen LogP contribution in [-0.2, 0) is 11.4 Å². The second-order valence-corrected chi connectivity index (χ2v) is 5.48. The van der Waals surface area contributed by atoms with Crippen molar-refractivity contribution in [1.82, 2.24) is 0 Å². The molecule has 5 heteroatoms. The fourth-order valence-electron chi connectivity index (χ4n) is 1.73. The Kier molecular flexibility index (Phi) is 11.4.